The molecule has 3 aliphatic rings. The Balaban J connectivity index is 1.54. The number of rotatable bonds is 5. The predicted molar refractivity (Wildman–Crippen MR) is 147 cm³/mol. The zero-order chi connectivity index (χ0) is 30.3. The second-order valence-corrected chi connectivity index (χ2v) is 14.2. The van der Waals surface area contributed by atoms with Crippen LogP contribution in [0.5, 0.6) is 0 Å². The minimum absolute atomic E-state index is 0.121. The molecule has 5 unspecified atom stereocenters. The Morgan fingerprint density at radius 2 is 1.83 bits per heavy atom. The van der Waals surface area contributed by atoms with Gasteiger partial charge in [0.15, 0.2) is 5.78 Å². The summed E-state index contributed by atoms with van der Waals surface area (Å²) < 4.78 is 67.4. The highest BCUT2D eigenvalue weighted by atomic mass is 32.5. The second kappa shape index (κ2) is 8.69. The maximum absolute atomic E-state index is 13.9. The molecule has 0 aromatic heterocycles. The van der Waals surface area contributed by atoms with Crippen LogP contribution >= 0.6 is 22.0 Å². The van der Waals surface area contributed by atoms with Crippen molar-refractivity contribution in [2.24, 2.45) is 11.5 Å². The molecule has 0 spiro atoms. The standard InChI is InChI=1S/C26H28F5N5O3S2/c1-3-18(37)36-9-8-13(11-36)35-25(39)23-20-19-16(6-7-17(32)22(19)40-23)26(34,24(38)21(20)33)15-5-4-14(10-12(15)2)41(27,28,29,30)31/h3-7,10,13,20-21,23H,1,8-9,11,32-34H2,2H3,(H,35,39). The molecule has 2 aliphatic heterocycles. The lowest BCUT2D eigenvalue weighted by molar-refractivity contribution is -0.127. The number of nitrogens with two attached hydrogens (primary N) is 3. The molecule has 1 fully saturated rings. The van der Waals surface area contributed by atoms with Crippen LogP contribution in [0.1, 0.15) is 34.6 Å². The number of nitrogens with one attached hydrogen (secondary N) is 1. The summed E-state index contributed by atoms with van der Waals surface area (Å²) in [6.07, 6.45) is 1.70. The normalized spacial score (nSPS) is 29.0. The quantitative estimate of drug-likeness (QED) is 0.227. The molecule has 1 aliphatic carbocycles. The van der Waals surface area contributed by atoms with E-state index in [1.165, 1.54) is 18.2 Å². The van der Waals surface area contributed by atoms with E-state index in [0.29, 0.717) is 23.4 Å². The van der Waals surface area contributed by atoms with Crippen molar-refractivity contribution in [3.63, 3.8) is 0 Å². The van der Waals surface area contributed by atoms with E-state index in [2.05, 4.69) is 11.9 Å². The molecule has 7 N–H and O–H groups in total. The Morgan fingerprint density at radius 1 is 1.17 bits per heavy atom. The van der Waals surface area contributed by atoms with E-state index >= 15 is 0 Å². The van der Waals surface area contributed by atoms with Gasteiger partial charge < -0.3 is 27.4 Å². The van der Waals surface area contributed by atoms with E-state index in [1.807, 2.05) is 0 Å². The van der Waals surface area contributed by atoms with Crippen LogP contribution in [0.15, 0.2) is 52.8 Å². The summed E-state index contributed by atoms with van der Waals surface area (Å²) in [5.41, 5.74) is 17.8. The molecule has 41 heavy (non-hydrogen) atoms. The smallest absolute Gasteiger partial charge is 0.310 e. The van der Waals surface area contributed by atoms with Gasteiger partial charge in [0.25, 0.3) is 0 Å². The highest BCUT2D eigenvalue weighted by molar-refractivity contribution is 8.45. The average molecular weight is 618 g/mol. The number of halogens is 5. The van der Waals surface area contributed by atoms with Crippen molar-refractivity contribution >= 4 is 45.3 Å². The second-order valence-electron chi connectivity index (χ2n) is 10.6. The van der Waals surface area contributed by atoms with E-state index in [9.17, 15) is 33.8 Å². The van der Waals surface area contributed by atoms with Crippen LogP contribution in [-0.2, 0) is 19.9 Å². The zero-order valence-electron chi connectivity index (χ0n) is 21.7. The van der Waals surface area contributed by atoms with E-state index in [4.69, 9.17) is 17.2 Å². The molecule has 222 valence electrons. The zero-order valence-corrected chi connectivity index (χ0v) is 23.3. The third-order valence-corrected chi connectivity index (χ3v) is 10.6. The van der Waals surface area contributed by atoms with Crippen LogP contribution in [0.2, 0.25) is 0 Å². The number of hydrogen-bond acceptors (Lipinski definition) is 7. The molecule has 2 amide bonds. The number of aryl methyl sites for hydroxylation is 1. The van der Waals surface area contributed by atoms with E-state index in [0.717, 1.165) is 24.8 Å². The molecule has 0 bridgehead atoms. The van der Waals surface area contributed by atoms with Crippen molar-refractivity contribution in [1.29, 1.82) is 0 Å². The number of benzene rings is 2. The summed E-state index contributed by atoms with van der Waals surface area (Å²) in [4.78, 5) is 39.2. The molecule has 2 heterocycles. The molecule has 5 rings (SSSR count). The first-order chi connectivity index (χ1) is 18.8. The van der Waals surface area contributed by atoms with Gasteiger partial charge in [-0.25, -0.2) is 0 Å². The molecule has 0 saturated carbocycles. The fourth-order valence-electron chi connectivity index (χ4n) is 6.00. The first-order valence-electron chi connectivity index (χ1n) is 12.5. The number of thioether (sulfide) groups is 1. The van der Waals surface area contributed by atoms with Gasteiger partial charge in [0.1, 0.15) is 10.4 Å². The van der Waals surface area contributed by atoms with Gasteiger partial charge in [0, 0.05) is 35.6 Å². The van der Waals surface area contributed by atoms with Crippen molar-refractivity contribution in [3.05, 3.63) is 65.2 Å². The lowest BCUT2D eigenvalue weighted by Crippen LogP contribution is -2.60. The van der Waals surface area contributed by atoms with Crippen LogP contribution in [-0.4, -0.2) is 52.9 Å². The fraction of sp³-hybridized carbons (Fsp3) is 0.346. The molecular formula is C26H28F5N5O3S2. The van der Waals surface area contributed by atoms with Gasteiger partial charge in [-0.1, -0.05) is 38.1 Å². The Hall–Kier alpha value is -3.14. The maximum atomic E-state index is 13.9. The molecule has 15 heteroatoms. The van der Waals surface area contributed by atoms with E-state index in [1.54, 1.807) is 4.90 Å². The van der Waals surface area contributed by atoms with Crippen molar-refractivity contribution < 1.29 is 33.8 Å². The Labute approximate surface area is 236 Å². The summed E-state index contributed by atoms with van der Waals surface area (Å²) in [6.45, 7) is 5.34. The highest BCUT2D eigenvalue weighted by Crippen LogP contribution is 3.02. The van der Waals surface area contributed by atoms with Crippen molar-refractivity contribution in [2.75, 3.05) is 18.8 Å². The largest absolute Gasteiger partial charge is 0.398 e. The van der Waals surface area contributed by atoms with Gasteiger partial charge in [-0.15, -0.1) is 11.8 Å². The highest BCUT2D eigenvalue weighted by Gasteiger charge is 2.66. The van der Waals surface area contributed by atoms with E-state index in [-0.39, 0.29) is 53.0 Å². The number of ketones is 1. The molecule has 5 atom stereocenters. The number of carbonyl (C=O) groups is 3. The van der Waals surface area contributed by atoms with Crippen molar-refractivity contribution in [3.8, 4) is 0 Å². The van der Waals surface area contributed by atoms with Crippen molar-refractivity contribution in [1.82, 2.24) is 10.2 Å². The van der Waals surface area contributed by atoms with Gasteiger partial charge in [0.2, 0.25) is 11.8 Å². The average Bonchev–Trinajstić information content (AvgIpc) is 3.51. The topological polar surface area (TPSA) is 145 Å². The van der Waals surface area contributed by atoms with Crippen LogP contribution in [0, 0.1) is 6.92 Å². The molecule has 2 aromatic rings. The molecule has 8 nitrogen and oxygen atoms in total. The van der Waals surface area contributed by atoms with Crippen LogP contribution in [0.4, 0.5) is 25.1 Å². The Bertz CT molecular complexity index is 1540. The number of Topliss-reactive ketones (excluding diaryl/α,β-unsaturated/α-hetero) is 1. The first kappa shape index (κ1) is 29.4. The number of hydrogen-bond donors (Lipinski definition) is 4. The van der Waals surface area contributed by atoms with Gasteiger partial charge in [-0.3, -0.25) is 14.4 Å². The van der Waals surface area contributed by atoms with Crippen LogP contribution < -0.4 is 22.5 Å². The third kappa shape index (κ3) is 4.68. The number of carbonyl (C=O) groups excluding carboxylic acids is 3. The van der Waals surface area contributed by atoms with Gasteiger partial charge in [-0.2, -0.15) is 0 Å². The molecular weight excluding hydrogens is 589 g/mol. The maximum Gasteiger partial charge on any atom is 0.310 e. The summed E-state index contributed by atoms with van der Waals surface area (Å²) in [6, 6.07) is 2.49. The van der Waals surface area contributed by atoms with Crippen molar-refractivity contribution in [2.45, 2.75) is 51.9 Å². The lowest BCUT2D eigenvalue weighted by Gasteiger charge is -2.43. The number of amides is 2. The molecule has 2 aromatic carbocycles. The lowest BCUT2D eigenvalue weighted by atomic mass is 9.64. The summed E-state index contributed by atoms with van der Waals surface area (Å²) in [5, 5.41) is 2.02. The van der Waals surface area contributed by atoms with Gasteiger partial charge >= 0.3 is 10.2 Å². The van der Waals surface area contributed by atoms with Crippen LogP contribution in [0.25, 0.3) is 0 Å². The number of likely N-dealkylation sites (tertiary alicyclic amines) is 1. The minimum Gasteiger partial charge on any atom is -0.398 e. The van der Waals surface area contributed by atoms with E-state index < -0.39 is 49.6 Å². The third-order valence-electron chi connectivity index (χ3n) is 7.98. The summed E-state index contributed by atoms with van der Waals surface area (Å²) >= 11 is 1.10. The van der Waals surface area contributed by atoms with Gasteiger partial charge in [-0.05, 0) is 59.9 Å². The first-order valence-corrected chi connectivity index (χ1v) is 15.4. The Morgan fingerprint density at radius 3 is 2.44 bits per heavy atom. The fourth-order valence-corrected chi connectivity index (χ4v) is 8.19. The van der Waals surface area contributed by atoms with Gasteiger partial charge in [0.05, 0.1) is 11.3 Å². The SMILES string of the molecule is C=CC(=O)N1CCC(NC(=O)C2Sc3c(N)ccc4c3C2C(N)C(=O)C4(N)c2ccc(S(F)(F)(F)(F)F)cc2C)C1. The number of anilines is 1. The number of nitrogens with zero attached hydrogens (tertiary/aromatic N) is 1. The predicted octanol–water partition coefficient (Wildman–Crippen LogP) is 3.81. The number of nitrogen functional groups attached to an aromatic ring is 1. The molecule has 1 saturated heterocycles. The molecule has 0 radical (unpaired) electrons. The monoisotopic (exact) mass is 617 g/mol. The summed E-state index contributed by atoms with van der Waals surface area (Å²) in [5.74, 6) is -2.33. The summed E-state index contributed by atoms with van der Waals surface area (Å²) in [7, 11) is -9.99. The van der Waals surface area contributed by atoms with Crippen LogP contribution in [0.3, 0.4) is 0 Å². The Kier molecular flexibility index (Phi) is 6.22. The minimum atomic E-state index is -9.99.